The maximum atomic E-state index is 3.21. The van der Waals surface area contributed by atoms with Gasteiger partial charge < -0.3 is 5.32 Å². The van der Waals surface area contributed by atoms with Crippen LogP contribution in [0.4, 0.5) is 0 Å². The van der Waals surface area contributed by atoms with Gasteiger partial charge in [0.1, 0.15) is 0 Å². The lowest BCUT2D eigenvalue weighted by molar-refractivity contribution is 0.194. The first-order valence-electron chi connectivity index (χ1n) is 7.20. The highest BCUT2D eigenvalue weighted by atomic mass is 15.2. The summed E-state index contributed by atoms with van der Waals surface area (Å²) < 4.78 is 0. The van der Waals surface area contributed by atoms with E-state index >= 15 is 0 Å². The Bertz CT molecular complexity index is 170. The first-order valence-corrected chi connectivity index (χ1v) is 7.20. The Hall–Kier alpha value is -0.0800. The van der Waals surface area contributed by atoms with Gasteiger partial charge in [0.05, 0.1) is 0 Å². The van der Waals surface area contributed by atoms with Crippen LogP contribution in [0.1, 0.15) is 58.8 Å². The second-order valence-electron chi connectivity index (χ2n) is 5.24. The minimum absolute atomic E-state index is 0.835. The van der Waals surface area contributed by atoms with Gasteiger partial charge in [0.25, 0.3) is 0 Å². The zero-order valence-electron chi connectivity index (χ0n) is 11.5. The van der Waals surface area contributed by atoms with Crippen LogP contribution in [-0.2, 0) is 0 Å². The Morgan fingerprint density at radius 2 is 1.88 bits per heavy atom. The van der Waals surface area contributed by atoms with Crippen molar-refractivity contribution in [3.05, 3.63) is 0 Å². The molecular weight excluding hydrogens is 196 g/mol. The molecule has 2 unspecified atom stereocenters. The fourth-order valence-corrected chi connectivity index (χ4v) is 2.92. The Balaban J connectivity index is 2.06. The zero-order valence-corrected chi connectivity index (χ0v) is 11.5. The maximum Gasteiger partial charge on any atom is 0.00960 e. The third-order valence-corrected chi connectivity index (χ3v) is 4.02. The van der Waals surface area contributed by atoms with Crippen molar-refractivity contribution in [3.8, 4) is 0 Å². The summed E-state index contributed by atoms with van der Waals surface area (Å²) in [7, 11) is 2.04. The lowest BCUT2D eigenvalue weighted by Crippen LogP contribution is -2.34. The molecule has 0 aliphatic carbocycles. The summed E-state index contributed by atoms with van der Waals surface area (Å²) in [5.41, 5.74) is 0. The molecule has 0 aromatic rings. The van der Waals surface area contributed by atoms with Crippen molar-refractivity contribution in [2.24, 2.45) is 0 Å². The monoisotopic (exact) mass is 226 g/mol. The maximum absolute atomic E-state index is 3.21. The molecule has 1 rings (SSSR count). The molecule has 1 aliphatic heterocycles. The number of hydrogen-bond acceptors (Lipinski definition) is 2. The van der Waals surface area contributed by atoms with Crippen LogP contribution in [-0.4, -0.2) is 37.1 Å². The van der Waals surface area contributed by atoms with Crippen molar-refractivity contribution < 1.29 is 0 Å². The van der Waals surface area contributed by atoms with Crippen LogP contribution in [0, 0.1) is 0 Å². The summed E-state index contributed by atoms with van der Waals surface area (Å²) in [5, 5.41) is 3.21. The first-order chi connectivity index (χ1) is 7.79. The van der Waals surface area contributed by atoms with Crippen LogP contribution in [0.2, 0.25) is 0 Å². The van der Waals surface area contributed by atoms with Crippen molar-refractivity contribution in [3.63, 3.8) is 0 Å². The summed E-state index contributed by atoms with van der Waals surface area (Å²) in [6.07, 6.45) is 9.70. The number of unbranched alkanes of at least 4 members (excludes halogenated alkanes) is 3. The summed E-state index contributed by atoms with van der Waals surface area (Å²) in [6, 6.07) is 1.72. The lowest BCUT2D eigenvalue weighted by Gasteiger charge is -2.27. The van der Waals surface area contributed by atoms with Gasteiger partial charge in [-0.2, -0.15) is 0 Å². The smallest absolute Gasteiger partial charge is 0.00960 e. The molecule has 1 heterocycles. The Kier molecular flexibility index (Phi) is 7.06. The molecule has 1 aliphatic rings. The van der Waals surface area contributed by atoms with Crippen molar-refractivity contribution in [1.29, 1.82) is 0 Å². The molecule has 1 saturated heterocycles. The van der Waals surface area contributed by atoms with E-state index in [-0.39, 0.29) is 0 Å². The predicted molar refractivity (Wildman–Crippen MR) is 71.9 cm³/mol. The van der Waals surface area contributed by atoms with E-state index < -0.39 is 0 Å². The van der Waals surface area contributed by atoms with Crippen LogP contribution in [0.5, 0.6) is 0 Å². The van der Waals surface area contributed by atoms with Gasteiger partial charge >= 0.3 is 0 Å². The van der Waals surface area contributed by atoms with Gasteiger partial charge in [0.15, 0.2) is 0 Å². The quantitative estimate of drug-likeness (QED) is 0.640. The average Bonchev–Trinajstić information content (AvgIpc) is 2.65. The molecule has 2 nitrogen and oxygen atoms in total. The number of hydrogen-bond donors (Lipinski definition) is 1. The number of nitrogens with one attached hydrogen (secondary N) is 1. The standard InChI is InChI=1S/C14H30N2/c1-4-14-10-9-13(2)16(14)12-8-6-5-7-11-15-3/h13-15H,4-12H2,1-3H3. The molecule has 16 heavy (non-hydrogen) atoms. The van der Waals surface area contributed by atoms with Crippen LogP contribution >= 0.6 is 0 Å². The molecule has 0 amide bonds. The van der Waals surface area contributed by atoms with Crippen LogP contribution in [0.3, 0.4) is 0 Å². The molecule has 0 saturated carbocycles. The molecular formula is C14H30N2. The van der Waals surface area contributed by atoms with E-state index in [1.807, 2.05) is 7.05 Å². The fourth-order valence-electron chi connectivity index (χ4n) is 2.92. The Morgan fingerprint density at radius 3 is 2.56 bits per heavy atom. The summed E-state index contributed by atoms with van der Waals surface area (Å²) in [4.78, 5) is 2.75. The highest BCUT2D eigenvalue weighted by Crippen LogP contribution is 2.26. The van der Waals surface area contributed by atoms with Crippen molar-refractivity contribution in [1.82, 2.24) is 10.2 Å². The molecule has 0 spiro atoms. The van der Waals surface area contributed by atoms with Crippen LogP contribution in [0.25, 0.3) is 0 Å². The second kappa shape index (κ2) is 8.08. The molecule has 96 valence electrons. The molecule has 0 radical (unpaired) electrons. The topological polar surface area (TPSA) is 15.3 Å². The van der Waals surface area contributed by atoms with E-state index in [9.17, 15) is 0 Å². The van der Waals surface area contributed by atoms with Crippen molar-refractivity contribution in [2.75, 3.05) is 20.1 Å². The highest BCUT2D eigenvalue weighted by molar-refractivity contribution is 4.83. The van der Waals surface area contributed by atoms with E-state index in [0.717, 1.165) is 12.1 Å². The molecule has 0 bridgehead atoms. The third-order valence-electron chi connectivity index (χ3n) is 4.02. The minimum Gasteiger partial charge on any atom is -0.320 e. The average molecular weight is 226 g/mol. The summed E-state index contributed by atoms with van der Waals surface area (Å²) >= 11 is 0. The van der Waals surface area contributed by atoms with Crippen LogP contribution < -0.4 is 5.32 Å². The van der Waals surface area contributed by atoms with Crippen LogP contribution in [0.15, 0.2) is 0 Å². The summed E-state index contributed by atoms with van der Waals surface area (Å²) in [6.45, 7) is 7.25. The van der Waals surface area contributed by atoms with Gasteiger partial charge in [0, 0.05) is 12.1 Å². The van der Waals surface area contributed by atoms with E-state index in [4.69, 9.17) is 0 Å². The fraction of sp³-hybridized carbons (Fsp3) is 1.00. The first kappa shape index (κ1) is 14.0. The molecule has 1 N–H and O–H groups in total. The second-order valence-corrected chi connectivity index (χ2v) is 5.24. The minimum atomic E-state index is 0.835. The normalized spacial score (nSPS) is 26.4. The van der Waals surface area contributed by atoms with Gasteiger partial charge in [-0.3, -0.25) is 4.90 Å². The van der Waals surface area contributed by atoms with E-state index in [0.29, 0.717) is 0 Å². The van der Waals surface area contributed by atoms with Gasteiger partial charge in [-0.05, 0) is 59.2 Å². The van der Waals surface area contributed by atoms with E-state index in [1.165, 1.54) is 58.0 Å². The molecule has 1 fully saturated rings. The zero-order chi connectivity index (χ0) is 11.8. The number of nitrogens with zero attached hydrogens (tertiary/aromatic N) is 1. The molecule has 0 aromatic carbocycles. The highest BCUT2D eigenvalue weighted by Gasteiger charge is 2.28. The van der Waals surface area contributed by atoms with Gasteiger partial charge in [-0.25, -0.2) is 0 Å². The Morgan fingerprint density at radius 1 is 1.12 bits per heavy atom. The van der Waals surface area contributed by atoms with Gasteiger partial charge in [-0.1, -0.05) is 19.8 Å². The van der Waals surface area contributed by atoms with E-state index in [2.05, 4.69) is 24.1 Å². The van der Waals surface area contributed by atoms with Crippen molar-refractivity contribution >= 4 is 0 Å². The number of rotatable bonds is 8. The predicted octanol–water partition coefficient (Wildman–Crippen LogP) is 3.03. The molecule has 2 atom stereocenters. The number of likely N-dealkylation sites (tertiary alicyclic amines) is 1. The van der Waals surface area contributed by atoms with Gasteiger partial charge in [-0.15, -0.1) is 0 Å². The lowest BCUT2D eigenvalue weighted by atomic mass is 10.1. The molecule has 0 aromatic heterocycles. The van der Waals surface area contributed by atoms with Crippen molar-refractivity contribution in [2.45, 2.75) is 70.9 Å². The van der Waals surface area contributed by atoms with Gasteiger partial charge in [0.2, 0.25) is 0 Å². The Labute approximate surface area is 102 Å². The third kappa shape index (κ3) is 4.42. The molecule has 2 heteroatoms. The van der Waals surface area contributed by atoms with E-state index in [1.54, 1.807) is 0 Å². The summed E-state index contributed by atoms with van der Waals surface area (Å²) in [5.74, 6) is 0. The largest absolute Gasteiger partial charge is 0.320 e. The SMILES string of the molecule is CCC1CCC(C)N1CCCCCCNC.